The maximum Gasteiger partial charge on any atom is 0.335 e. The molecule has 0 bridgehead atoms. The molecule has 0 aliphatic heterocycles. The Bertz CT molecular complexity index is 754. The predicted molar refractivity (Wildman–Crippen MR) is 82.9 cm³/mol. The molecule has 23 heavy (non-hydrogen) atoms. The Morgan fingerprint density at radius 1 is 1.22 bits per heavy atom. The van der Waals surface area contributed by atoms with Gasteiger partial charge in [-0.2, -0.15) is 0 Å². The van der Waals surface area contributed by atoms with Gasteiger partial charge in [0.25, 0.3) is 0 Å². The topological polar surface area (TPSA) is 102 Å². The molecule has 8 heteroatoms. The minimum Gasteiger partial charge on any atom is -0.411 e. The summed E-state index contributed by atoms with van der Waals surface area (Å²) in [6.45, 7) is 3.88. The smallest absolute Gasteiger partial charge is 0.335 e. The standard InChI is InChI=1S/C15H19N3O4S/c1-11(2)8-13(19)16-9-14-17-18-15(22-14)23(20,21)10-12-6-4-3-5-7-12/h3-7,11H,8-10H2,1-2H3,(H,16,19). The van der Waals surface area contributed by atoms with Crippen LogP contribution in [-0.4, -0.2) is 24.5 Å². The average molecular weight is 337 g/mol. The van der Waals surface area contributed by atoms with Crippen molar-refractivity contribution in [3.63, 3.8) is 0 Å². The average Bonchev–Trinajstić information content (AvgIpc) is 2.95. The Labute approximate surface area is 135 Å². The summed E-state index contributed by atoms with van der Waals surface area (Å²) >= 11 is 0. The number of nitrogens with one attached hydrogen (secondary N) is 1. The van der Waals surface area contributed by atoms with E-state index < -0.39 is 15.1 Å². The first-order valence-electron chi connectivity index (χ1n) is 7.22. The summed E-state index contributed by atoms with van der Waals surface area (Å²) in [6.07, 6.45) is 0.382. The molecule has 1 aromatic carbocycles. The van der Waals surface area contributed by atoms with Crippen molar-refractivity contribution in [2.24, 2.45) is 5.92 Å². The third-order valence-electron chi connectivity index (χ3n) is 2.94. The van der Waals surface area contributed by atoms with Crippen LogP contribution in [0.5, 0.6) is 0 Å². The number of hydrogen-bond acceptors (Lipinski definition) is 6. The molecule has 1 heterocycles. The lowest BCUT2D eigenvalue weighted by atomic mass is 10.1. The molecular formula is C15H19N3O4S. The molecule has 2 rings (SSSR count). The van der Waals surface area contributed by atoms with Crippen molar-refractivity contribution >= 4 is 15.7 Å². The second-order valence-electron chi connectivity index (χ2n) is 5.58. The Morgan fingerprint density at radius 2 is 1.91 bits per heavy atom. The molecule has 1 N–H and O–H groups in total. The van der Waals surface area contributed by atoms with Gasteiger partial charge in [-0.1, -0.05) is 49.3 Å². The van der Waals surface area contributed by atoms with E-state index in [-0.39, 0.29) is 30.0 Å². The SMILES string of the molecule is CC(C)CC(=O)NCc1nnc(S(=O)(=O)Cc2ccccc2)o1. The van der Waals surface area contributed by atoms with E-state index in [0.29, 0.717) is 12.0 Å². The van der Waals surface area contributed by atoms with E-state index in [9.17, 15) is 13.2 Å². The number of carbonyl (C=O) groups is 1. The largest absolute Gasteiger partial charge is 0.411 e. The first-order valence-corrected chi connectivity index (χ1v) is 8.88. The highest BCUT2D eigenvalue weighted by Gasteiger charge is 2.23. The zero-order valence-electron chi connectivity index (χ0n) is 13.0. The summed E-state index contributed by atoms with van der Waals surface area (Å²) in [7, 11) is -3.70. The number of benzene rings is 1. The molecule has 1 amide bonds. The van der Waals surface area contributed by atoms with Gasteiger partial charge in [-0.3, -0.25) is 4.79 Å². The summed E-state index contributed by atoms with van der Waals surface area (Å²) in [5.41, 5.74) is 0.637. The van der Waals surface area contributed by atoms with Crippen molar-refractivity contribution < 1.29 is 17.6 Å². The lowest BCUT2D eigenvalue weighted by Crippen LogP contribution is -2.24. The molecule has 7 nitrogen and oxygen atoms in total. The maximum absolute atomic E-state index is 12.2. The second kappa shape index (κ2) is 7.36. The lowest BCUT2D eigenvalue weighted by molar-refractivity contribution is -0.122. The van der Waals surface area contributed by atoms with Gasteiger partial charge < -0.3 is 9.73 Å². The van der Waals surface area contributed by atoms with Crippen LogP contribution in [0.3, 0.4) is 0 Å². The van der Waals surface area contributed by atoms with E-state index in [2.05, 4.69) is 15.5 Å². The number of sulfone groups is 1. The molecular weight excluding hydrogens is 318 g/mol. The van der Waals surface area contributed by atoms with Crippen LogP contribution in [0.1, 0.15) is 31.7 Å². The fourth-order valence-corrected chi connectivity index (χ4v) is 3.05. The quantitative estimate of drug-likeness (QED) is 0.825. The number of hydrogen-bond donors (Lipinski definition) is 1. The molecule has 0 unspecified atom stereocenters. The zero-order chi connectivity index (χ0) is 16.9. The molecule has 0 saturated heterocycles. The van der Waals surface area contributed by atoms with Crippen LogP contribution in [0.15, 0.2) is 40.0 Å². The van der Waals surface area contributed by atoms with Gasteiger partial charge in [-0.15, -0.1) is 5.10 Å². The molecule has 0 fully saturated rings. The summed E-state index contributed by atoms with van der Waals surface area (Å²) in [6, 6.07) is 8.74. The van der Waals surface area contributed by atoms with Crippen LogP contribution in [0.4, 0.5) is 0 Å². The fourth-order valence-electron chi connectivity index (χ4n) is 1.91. The van der Waals surface area contributed by atoms with Gasteiger partial charge in [0.15, 0.2) is 0 Å². The molecule has 0 saturated carbocycles. The number of rotatable bonds is 7. The number of carbonyl (C=O) groups excluding carboxylic acids is 1. The summed E-state index contributed by atoms with van der Waals surface area (Å²) in [5.74, 6) is -0.0602. The van der Waals surface area contributed by atoms with Crippen LogP contribution < -0.4 is 5.32 Å². The van der Waals surface area contributed by atoms with Crippen molar-refractivity contribution in [2.45, 2.75) is 37.8 Å². The molecule has 0 atom stereocenters. The van der Waals surface area contributed by atoms with Crippen molar-refractivity contribution in [3.05, 3.63) is 41.8 Å². The molecule has 0 spiro atoms. The van der Waals surface area contributed by atoms with Crippen LogP contribution in [0.25, 0.3) is 0 Å². The van der Waals surface area contributed by atoms with Crippen molar-refractivity contribution in [1.29, 1.82) is 0 Å². The van der Waals surface area contributed by atoms with Gasteiger partial charge in [0.1, 0.15) is 0 Å². The van der Waals surface area contributed by atoms with Crippen LogP contribution >= 0.6 is 0 Å². The minimum atomic E-state index is -3.70. The highest BCUT2D eigenvalue weighted by Crippen LogP contribution is 2.15. The highest BCUT2D eigenvalue weighted by atomic mass is 32.2. The monoisotopic (exact) mass is 337 g/mol. The second-order valence-corrected chi connectivity index (χ2v) is 7.45. The van der Waals surface area contributed by atoms with E-state index in [1.165, 1.54) is 0 Å². The zero-order valence-corrected chi connectivity index (χ0v) is 13.8. The first-order chi connectivity index (χ1) is 10.9. The van der Waals surface area contributed by atoms with Crippen molar-refractivity contribution in [2.75, 3.05) is 0 Å². The van der Waals surface area contributed by atoms with Gasteiger partial charge in [-0.25, -0.2) is 8.42 Å². The third-order valence-corrected chi connectivity index (χ3v) is 4.35. The van der Waals surface area contributed by atoms with Gasteiger partial charge in [0.2, 0.25) is 21.6 Å². The van der Waals surface area contributed by atoms with Gasteiger partial charge >= 0.3 is 5.22 Å². The van der Waals surface area contributed by atoms with E-state index in [4.69, 9.17) is 4.42 Å². The fraction of sp³-hybridized carbons (Fsp3) is 0.400. The van der Waals surface area contributed by atoms with E-state index in [1.807, 2.05) is 13.8 Å². The molecule has 0 radical (unpaired) electrons. The van der Waals surface area contributed by atoms with Crippen LogP contribution in [-0.2, 0) is 26.9 Å². The first kappa shape index (κ1) is 17.1. The molecule has 0 aliphatic rings. The number of amides is 1. The van der Waals surface area contributed by atoms with Gasteiger partial charge in [0.05, 0.1) is 12.3 Å². The highest BCUT2D eigenvalue weighted by molar-refractivity contribution is 7.90. The van der Waals surface area contributed by atoms with E-state index in [1.54, 1.807) is 30.3 Å². The van der Waals surface area contributed by atoms with Crippen LogP contribution in [0, 0.1) is 5.92 Å². The van der Waals surface area contributed by atoms with Gasteiger partial charge in [-0.05, 0) is 11.5 Å². The van der Waals surface area contributed by atoms with Crippen LogP contribution in [0.2, 0.25) is 0 Å². The molecule has 0 aliphatic carbocycles. The lowest BCUT2D eigenvalue weighted by Gasteiger charge is -2.04. The number of nitrogens with zero attached hydrogens (tertiary/aromatic N) is 2. The molecule has 1 aromatic heterocycles. The number of aromatic nitrogens is 2. The summed E-state index contributed by atoms with van der Waals surface area (Å²) in [4.78, 5) is 11.6. The third kappa shape index (κ3) is 5.17. The minimum absolute atomic E-state index is 0.0133. The Kier molecular flexibility index (Phi) is 5.49. The Morgan fingerprint density at radius 3 is 2.57 bits per heavy atom. The Hall–Kier alpha value is -2.22. The normalized spacial score (nSPS) is 11.6. The van der Waals surface area contributed by atoms with Crippen molar-refractivity contribution in [3.8, 4) is 0 Å². The maximum atomic E-state index is 12.2. The van der Waals surface area contributed by atoms with E-state index >= 15 is 0 Å². The van der Waals surface area contributed by atoms with Gasteiger partial charge in [0, 0.05) is 6.42 Å². The van der Waals surface area contributed by atoms with E-state index in [0.717, 1.165) is 0 Å². The summed E-state index contributed by atoms with van der Waals surface area (Å²) in [5, 5.41) is 9.41. The molecule has 124 valence electrons. The Balaban J connectivity index is 1.99. The predicted octanol–water partition coefficient (Wildman–Crippen LogP) is 1.71. The van der Waals surface area contributed by atoms with Crippen molar-refractivity contribution in [1.82, 2.24) is 15.5 Å². The molecule has 2 aromatic rings. The summed E-state index contributed by atoms with van der Waals surface area (Å²) < 4.78 is 29.6.